The largest absolute Gasteiger partial charge is 0.381 e. The minimum atomic E-state index is 0.173. The molecule has 1 aromatic rings. The number of Topliss-reactive ketones (excluding diaryl/α,β-unsaturated/α-hetero) is 1. The van der Waals surface area contributed by atoms with Crippen LogP contribution in [0.3, 0.4) is 0 Å². The van der Waals surface area contributed by atoms with Crippen LogP contribution in [0.4, 0.5) is 5.69 Å². The van der Waals surface area contributed by atoms with Gasteiger partial charge in [-0.05, 0) is 25.8 Å². The molecule has 0 saturated heterocycles. The molecular formula is C13H16N2O. The molecule has 0 saturated carbocycles. The predicted octanol–water partition coefficient (Wildman–Crippen LogP) is 2.51. The number of rotatable bonds is 3. The van der Waals surface area contributed by atoms with Crippen molar-refractivity contribution in [2.45, 2.75) is 26.2 Å². The van der Waals surface area contributed by atoms with E-state index in [1.54, 1.807) is 0 Å². The van der Waals surface area contributed by atoms with Gasteiger partial charge in [0.1, 0.15) is 5.69 Å². The number of hydrogen-bond donors (Lipinski definition) is 1. The highest BCUT2D eigenvalue weighted by atomic mass is 16.1. The number of hydrogen-bond acceptors (Lipinski definition) is 3. The fourth-order valence-electron chi connectivity index (χ4n) is 2.07. The quantitative estimate of drug-likeness (QED) is 0.789. The number of nitrogens with one attached hydrogen (secondary N) is 1. The Morgan fingerprint density at radius 1 is 1.56 bits per heavy atom. The summed E-state index contributed by atoms with van der Waals surface area (Å²) >= 11 is 0. The third-order valence-corrected chi connectivity index (χ3v) is 2.78. The van der Waals surface area contributed by atoms with Crippen LogP contribution in [-0.2, 0) is 6.42 Å². The maximum Gasteiger partial charge on any atom is 0.181 e. The summed E-state index contributed by atoms with van der Waals surface area (Å²) in [5, 5.41) is 3.27. The standard InChI is InChI=1S/C13H16N2O/c1-3-7-14-11-8-9(2)15-13-10(11)5-4-6-12(13)16/h3,8H,1,4-7H2,2H3,(H,14,15). The molecule has 84 valence electrons. The highest BCUT2D eigenvalue weighted by molar-refractivity contribution is 5.98. The van der Waals surface area contributed by atoms with Crippen molar-refractivity contribution in [3.8, 4) is 0 Å². The molecule has 0 aromatic carbocycles. The second kappa shape index (κ2) is 4.47. The Hall–Kier alpha value is -1.64. The molecule has 0 fully saturated rings. The Morgan fingerprint density at radius 3 is 3.12 bits per heavy atom. The monoisotopic (exact) mass is 216 g/mol. The number of anilines is 1. The number of fused-ring (bicyclic) bond motifs is 1. The van der Waals surface area contributed by atoms with Crippen LogP contribution in [-0.4, -0.2) is 17.3 Å². The van der Waals surface area contributed by atoms with Crippen molar-refractivity contribution in [3.63, 3.8) is 0 Å². The Kier molecular flexibility index (Phi) is 3.04. The molecular weight excluding hydrogens is 200 g/mol. The highest BCUT2D eigenvalue weighted by Gasteiger charge is 2.21. The molecule has 1 aliphatic carbocycles. The molecule has 0 radical (unpaired) electrons. The van der Waals surface area contributed by atoms with Gasteiger partial charge in [0.05, 0.1) is 0 Å². The van der Waals surface area contributed by atoms with Gasteiger partial charge >= 0.3 is 0 Å². The van der Waals surface area contributed by atoms with Crippen molar-refractivity contribution in [2.75, 3.05) is 11.9 Å². The number of carbonyl (C=O) groups is 1. The van der Waals surface area contributed by atoms with Crippen molar-refractivity contribution in [3.05, 3.63) is 35.7 Å². The van der Waals surface area contributed by atoms with Gasteiger partial charge in [0, 0.05) is 29.9 Å². The lowest BCUT2D eigenvalue weighted by Gasteiger charge is -2.19. The normalized spacial score (nSPS) is 14.4. The maximum absolute atomic E-state index is 11.8. The van der Waals surface area contributed by atoms with Gasteiger partial charge in [-0.25, -0.2) is 4.98 Å². The second-order valence-electron chi connectivity index (χ2n) is 4.08. The molecule has 0 spiro atoms. The van der Waals surface area contributed by atoms with E-state index >= 15 is 0 Å². The number of carbonyl (C=O) groups excluding carboxylic acids is 1. The zero-order valence-electron chi connectivity index (χ0n) is 9.55. The van der Waals surface area contributed by atoms with E-state index in [1.807, 2.05) is 19.1 Å². The van der Waals surface area contributed by atoms with Crippen molar-refractivity contribution in [1.29, 1.82) is 0 Å². The molecule has 0 bridgehead atoms. The van der Waals surface area contributed by atoms with Crippen LogP contribution in [0, 0.1) is 6.92 Å². The van der Waals surface area contributed by atoms with Crippen LogP contribution in [0.5, 0.6) is 0 Å². The van der Waals surface area contributed by atoms with Gasteiger partial charge in [-0.2, -0.15) is 0 Å². The summed E-state index contributed by atoms with van der Waals surface area (Å²) < 4.78 is 0. The van der Waals surface area contributed by atoms with Crippen LogP contribution >= 0.6 is 0 Å². The molecule has 1 heterocycles. The molecule has 0 atom stereocenters. The number of aryl methyl sites for hydroxylation is 1. The number of nitrogens with zero attached hydrogens (tertiary/aromatic N) is 1. The summed E-state index contributed by atoms with van der Waals surface area (Å²) in [6, 6.07) is 2.00. The Labute approximate surface area is 95.6 Å². The first-order chi connectivity index (χ1) is 7.72. The van der Waals surface area contributed by atoms with Gasteiger partial charge in [-0.1, -0.05) is 6.08 Å². The van der Waals surface area contributed by atoms with Crippen LogP contribution in [0.2, 0.25) is 0 Å². The van der Waals surface area contributed by atoms with E-state index in [9.17, 15) is 4.79 Å². The lowest BCUT2D eigenvalue weighted by molar-refractivity contribution is 0.0967. The van der Waals surface area contributed by atoms with E-state index in [1.165, 1.54) is 0 Å². The Bertz CT molecular complexity index is 438. The molecule has 1 aliphatic rings. The lowest BCUT2D eigenvalue weighted by Crippen LogP contribution is -2.16. The van der Waals surface area contributed by atoms with E-state index in [-0.39, 0.29) is 5.78 Å². The number of ketones is 1. The summed E-state index contributed by atoms with van der Waals surface area (Å²) in [6.45, 7) is 6.31. The topological polar surface area (TPSA) is 42.0 Å². The third-order valence-electron chi connectivity index (χ3n) is 2.78. The van der Waals surface area contributed by atoms with Crippen molar-refractivity contribution < 1.29 is 4.79 Å². The van der Waals surface area contributed by atoms with Crippen LogP contribution in [0.1, 0.15) is 34.6 Å². The van der Waals surface area contributed by atoms with Gasteiger partial charge < -0.3 is 5.32 Å². The zero-order chi connectivity index (χ0) is 11.5. The van der Waals surface area contributed by atoms with Crippen molar-refractivity contribution in [2.24, 2.45) is 0 Å². The smallest absolute Gasteiger partial charge is 0.181 e. The van der Waals surface area contributed by atoms with Gasteiger partial charge in [-0.3, -0.25) is 4.79 Å². The zero-order valence-corrected chi connectivity index (χ0v) is 9.55. The van der Waals surface area contributed by atoms with Crippen LogP contribution in [0.25, 0.3) is 0 Å². The molecule has 0 aliphatic heterocycles. The minimum Gasteiger partial charge on any atom is -0.381 e. The van der Waals surface area contributed by atoms with Crippen molar-refractivity contribution in [1.82, 2.24) is 4.98 Å². The first-order valence-electron chi connectivity index (χ1n) is 5.61. The SMILES string of the molecule is C=CCNc1cc(C)nc2c1CCCC2=O. The molecule has 2 rings (SSSR count). The lowest BCUT2D eigenvalue weighted by atomic mass is 9.93. The first-order valence-corrected chi connectivity index (χ1v) is 5.61. The average Bonchev–Trinajstić information content (AvgIpc) is 2.27. The molecule has 16 heavy (non-hydrogen) atoms. The van der Waals surface area contributed by atoms with Gasteiger partial charge in [0.2, 0.25) is 0 Å². The van der Waals surface area contributed by atoms with Gasteiger partial charge in [-0.15, -0.1) is 6.58 Å². The molecule has 3 heteroatoms. The fraction of sp³-hybridized carbons (Fsp3) is 0.385. The van der Waals surface area contributed by atoms with Gasteiger partial charge in [0.25, 0.3) is 0 Å². The molecule has 0 amide bonds. The second-order valence-corrected chi connectivity index (χ2v) is 4.08. The van der Waals surface area contributed by atoms with E-state index in [2.05, 4.69) is 16.9 Å². The third kappa shape index (κ3) is 1.98. The summed E-state index contributed by atoms with van der Waals surface area (Å²) in [5.74, 6) is 0.173. The molecule has 1 aromatic heterocycles. The molecule has 3 nitrogen and oxygen atoms in total. The number of aromatic nitrogens is 1. The van der Waals surface area contributed by atoms with E-state index in [0.717, 1.165) is 29.8 Å². The summed E-state index contributed by atoms with van der Waals surface area (Å²) in [6.07, 6.45) is 4.31. The van der Waals surface area contributed by atoms with Gasteiger partial charge in [0.15, 0.2) is 5.78 Å². The maximum atomic E-state index is 11.8. The Balaban J connectivity index is 2.44. The van der Waals surface area contributed by atoms with E-state index in [0.29, 0.717) is 18.7 Å². The Morgan fingerprint density at radius 2 is 2.38 bits per heavy atom. The van der Waals surface area contributed by atoms with Crippen LogP contribution < -0.4 is 5.32 Å². The first kappa shape index (κ1) is 10.9. The van der Waals surface area contributed by atoms with Crippen LogP contribution in [0.15, 0.2) is 18.7 Å². The number of pyridine rings is 1. The fourth-order valence-corrected chi connectivity index (χ4v) is 2.07. The van der Waals surface area contributed by atoms with E-state index in [4.69, 9.17) is 0 Å². The van der Waals surface area contributed by atoms with E-state index < -0.39 is 0 Å². The highest BCUT2D eigenvalue weighted by Crippen LogP contribution is 2.27. The minimum absolute atomic E-state index is 0.173. The summed E-state index contributed by atoms with van der Waals surface area (Å²) in [4.78, 5) is 16.1. The average molecular weight is 216 g/mol. The molecule has 0 unspecified atom stereocenters. The van der Waals surface area contributed by atoms with Crippen molar-refractivity contribution >= 4 is 11.5 Å². The summed E-state index contributed by atoms with van der Waals surface area (Å²) in [5.41, 5.74) is 3.66. The predicted molar refractivity (Wildman–Crippen MR) is 64.9 cm³/mol. The summed E-state index contributed by atoms with van der Waals surface area (Å²) in [7, 11) is 0. The molecule has 1 N–H and O–H groups in total.